The standard InChI is InChI=1S/C13H17NO2/c1-15-11-7-9(8-13(14)3-4-13)6-10-2-5-16-12(10)11/h6-7H,2-5,8,14H2,1H3. The lowest BCUT2D eigenvalue weighted by Crippen LogP contribution is -2.24. The Kier molecular flexibility index (Phi) is 2.11. The van der Waals surface area contributed by atoms with Crippen LogP contribution in [0.1, 0.15) is 24.0 Å². The van der Waals surface area contributed by atoms with Crippen molar-refractivity contribution in [3.05, 3.63) is 23.3 Å². The maximum Gasteiger partial charge on any atom is 0.164 e. The van der Waals surface area contributed by atoms with E-state index < -0.39 is 0 Å². The van der Waals surface area contributed by atoms with Crippen LogP contribution in [-0.4, -0.2) is 19.3 Å². The van der Waals surface area contributed by atoms with Gasteiger partial charge in [0.25, 0.3) is 0 Å². The molecule has 3 nitrogen and oxygen atoms in total. The molecule has 0 amide bonds. The summed E-state index contributed by atoms with van der Waals surface area (Å²) in [5.74, 6) is 1.78. The molecule has 1 heterocycles. The molecule has 1 saturated carbocycles. The zero-order chi connectivity index (χ0) is 11.2. The first kappa shape index (κ1) is 9.97. The highest BCUT2D eigenvalue weighted by molar-refractivity contribution is 5.51. The number of benzene rings is 1. The third kappa shape index (κ3) is 1.65. The van der Waals surface area contributed by atoms with Gasteiger partial charge in [0, 0.05) is 17.5 Å². The molecule has 0 radical (unpaired) electrons. The van der Waals surface area contributed by atoms with E-state index in [0.717, 1.165) is 43.8 Å². The smallest absolute Gasteiger partial charge is 0.164 e. The largest absolute Gasteiger partial charge is 0.493 e. The molecule has 1 aliphatic carbocycles. The van der Waals surface area contributed by atoms with Crippen molar-refractivity contribution in [2.75, 3.05) is 13.7 Å². The number of nitrogens with two attached hydrogens (primary N) is 1. The molecule has 1 aromatic carbocycles. The van der Waals surface area contributed by atoms with Crippen LogP contribution in [0.4, 0.5) is 0 Å². The van der Waals surface area contributed by atoms with E-state index in [9.17, 15) is 0 Å². The molecular formula is C13H17NO2. The molecule has 0 atom stereocenters. The Balaban J connectivity index is 1.94. The predicted octanol–water partition coefficient (Wildman–Crippen LogP) is 1.66. The van der Waals surface area contributed by atoms with Crippen molar-refractivity contribution in [2.24, 2.45) is 5.73 Å². The zero-order valence-corrected chi connectivity index (χ0v) is 9.58. The zero-order valence-electron chi connectivity index (χ0n) is 9.58. The Hall–Kier alpha value is -1.22. The van der Waals surface area contributed by atoms with Crippen molar-refractivity contribution in [3.63, 3.8) is 0 Å². The molecule has 0 spiro atoms. The Morgan fingerprint density at radius 1 is 1.44 bits per heavy atom. The van der Waals surface area contributed by atoms with Gasteiger partial charge in [0.1, 0.15) is 0 Å². The fraction of sp³-hybridized carbons (Fsp3) is 0.538. The van der Waals surface area contributed by atoms with Gasteiger partial charge in [0.15, 0.2) is 11.5 Å². The summed E-state index contributed by atoms with van der Waals surface area (Å²) in [6, 6.07) is 4.29. The Morgan fingerprint density at radius 3 is 2.94 bits per heavy atom. The normalized spacial score (nSPS) is 20.1. The second-order valence-electron chi connectivity index (χ2n) is 4.92. The minimum Gasteiger partial charge on any atom is -0.493 e. The van der Waals surface area contributed by atoms with Gasteiger partial charge in [-0.15, -0.1) is 0 Å². The molecule has 3 rings (SSSR count). The van der Waals surface area contributed by atoms with E-state index in [1.165, 1.54) is 11.1 Å². The second-order valence-corrected chi connectivity index (χ2v) is 4.92. The summed E-state index contributed by atoms with van der Waals surface area (Å²) in [6.07, 6.45) is 4.22. The average Bonchev–Trinajstić information content (AvgIpc) is 2.80. The fourth-order valence-corrected chi connectivity index (χ4v) is 2.33. The van der Waals surface area contributed by atoms with Crippen LogP contribution in [0.15, 0.2) is 12.1 Å². The SMILES string of the molecule is COc1cc(CC2(N)CC2)cc2c1OCC2. The van der Waals surface area contributed by atoms with Crippen LogP contribution in [0.25, 0.3) is 0 Å². The summed E-state index contributed by atoms with van der Waals surface area (Å²) in [6.45, 7) is 0.767. The van der Waals surface area contributed by atoms with Crippen LogP contribution in [0.3, 0.4) is 0 Å². The van der Waals surface area contributed by atoms with Gasteiger partial charge in [-0.1, -0.05) is 6.07 Å². The van der Waals surface area contributed by atoms with E-state index in [0.29, 0.717) is 0 Å². The fourth-order valence-electron chi connectivity index (χ4n) is 2.33. The quantitative estimate of drug-likeness (QED) is 0.841. The van der Waals surface area contributed by atoms with Gasteiger partial charge in [-0.05, 0) is 30.9 Å². The minimum absolute atomic E-state index is 0.0543. The van der Waals surface area contributed by atoms with Gasteiger partial charge in [-0.3, -0.25) is 0 Å². The van der Waals surface area contributed by atoms with Gasteiger partial charge in [-0.2, -0.15) is 0 Å². The second kappa shape index (κ2) is 3.39. The van der Waals surface area contributed by atoms with E-state index in [1.54, 1.807) is 7.11 Å². The summed E-state index contributed by atoms with van der Waals surface area (Å²) in [5.41, 5.74) is 8.74. The predicted molar refractivity (Wildman–Crippen MR) is 62.0 cm³/mol. The summed E-state index contributed by atoms with van der Waals surface area (Å²) in [7, 11) is 1.69. The summed E-state index contributed by atoms with van der Waals surface area (Å²) >= 11 is 0. The lowest BCUT2D eigenvalue weighted by Gasteiger charge is -2.12. The van der Waals surface area contributed by atoms with Crippen molar-refractivity contribution in [3.8, 4) is 11.5 Å². The number of rotatable bonds is 3. The van der Waals surface area contributed by atoms with Gasteiger partial charge in [-0.25, -0.2) is 0 Å². The monoisotopic (exact) mass is 219 g/mol. The third-order valence-electron chi connectivity index (χ3n) is 3.48. The van der Waals surface area contributed by atoms with Gasteiger partial charge in [0.05, 0.1) is 13.7 Å². The molecule has 1 aliphatic heterocycles. The van der Waals surface area contributed by atoms with E-state index in [4.69, 9.17) is 15.2 Å². The molecule has 86 valence electrons. The molecule has 1 fully saturated rings. The van der Waals surface area contributed by atoms with Crippen molar-refractivity contribution >= 4 is 0 Å². The lowest BCUT2D eigenvalue weighted by molar-refractivity contribution is 0.326. The van der Waals surface area contributed by atoms with Crippen molar-refractivity contribution in [1.29, 1.82) is 0 Å². The van der Waals surface area contributed by atoms with Crippen LogP contribution in [0.5, 0.6) is 11.5 Å². The highest BCUT2D eigenvalue weighted by Crippen LogP contribution is 2.40. The van der Waals surface area contributed by atoms with Crippen LogP contribution >= 0.6 is 0 Å². The van der Waals surface area contributed by atoms with Crippen LogP contribution in [0.2, 0.25) is 0 Å². The van der Waals surface area contributed by atoms with Gasteiger partial charge < -0.3 is 15.2 Å². The Labute approximate surface area is 95.5 Å². The maximum atomic E-state index is 6.14. The summed E-state index contributed by atoms with van der Waals surface area (Å²) < 4.78 is 10.9. The molecule has 16 heavy (non-hydrogen) atoms. The van der Waals surface area contributed by atoms with Gasteiger partial charge in [0.2, 0.25) is 0 Å². The van der Waals surface area contributed by atoms with Crippen LogP contribution < -0.4 is 15.2 Å². The molecule has 0 aromatic heterocycles. The Bertz CT molecular complexity index is 424. The number of methoxy groups -OCH3 is 1. The number of hydrogen-bond acceptors (Lipinski definition) is 3. The molecule has 1 aromatic rings. The van der Waals surface area contributed by atoms with Crippen molar-refractivity contribution in [2.45, 2.75) is 31.2 Å². The van der Waals surface area contributed by atoms with Gasteiger partial charge >= 0.3 is 0 Å². The minimum atomic E-state index is 0.0543. The lowest BCUT2D eigenvalue weighted by atomic mass is 10.0. The molecule has 0 bridgehead atoms. The van der Waals surface area contributed by atoms with E-state index in [1.807, 2.05) is 0 Å². The number of ether oxygens (including phenoxy) is 2. The number of fused-ring (bicyclic) bond motifs is 1. The number of hydrogen-bond donors (Lipinski definition) is 1. The molecule has 2 aliphatic rings. The highest BCUT2D eigenvalue weighted by atomic mass is 16.5. The van der Waals surface area contributed by atoms with Crippen LogP contribution in [-0.2, 0) is 12.8 Å². The van der Waals surface area contributed by atoms with E-state index in [-0.39, 0.29) is 5.54 Å². The Morgan fingerprint density at radius 2 is 2.25 bits per heavy atom. The van der Waals surface area contributed by atoms with E-state index >= 15 is 0 Å². The third-order valence-corrected chi connectivity index (χ3v) is 3.48. The first-order valence-electron chi connectivity index (χ1n) is 5.82. The molecule has 3 heteroatoms. The average molecular weight is 219 g/mol. The molecule has 0 saturated heterocycles. The van der Waals surface area contributed by atoms with Crippen LogP contribution in [0, 0.1) is 0 Å². The first-order valence-corrected chi connectivity index (χ1v) is 5.82. The first-order chi connectivity index (χ1) is 7.70. The highest BCUT2D eigenvalue weighted by Gasteiger charge is 2.38. The summed E-state index contributed by atoms with van der Waals surface area (Å²) in [5, 5.41) is 0. The van der Waals surface area contributed by atoms with Crippen molar-refractivity contribution in [1.82, 2.24) is 0 Å². The van der Waals surface area contributed by atoms with E-state index in [2.05, 4.69) is 12.1 Å². The molecule has 2 N–H and O–H groups in total. The molecular weight excluding hydrogens is 202 g/mol. The maximum absolute atomic E-state index is 6.14. The molecule has 0 unspecified atom stereocenters. The van der Waals surface area contributed by atoms with Crippen molar-refractivity contribution < 1.29 is 9.47 Å². The summed E-state index contributed by atoms with van der Waals surface area (Å²) in [4.78, 5) is 0. The topological polar surface area (TPSA) is 44.5 Å².